The fourth-order valence-electron chi connectivity index (χ4n) is 1.70. The maximum Gasteiger partial charge on any atom is 0.318 e. The number of carboxylic acids is 1. The number of hydrogen-bond acceptors (Lipinski definition) is 3. The molecule has 3 amide bonds. The Kier molecular flexibility index (Phi) is 4.94. The Morgan fingerprint density at radius 1 is 1.50 bits per heavy atom. The zero-order valence-corrected chi connectivity index (χ0v) is 10.6. The summed E-state index contributed by atoms with van der Waals surface area (Å²) in [6.07, 6.45) is -0.122. The van der Waals surface area contributed by atoms with E-state index >= 15 is 0 Å². The number of carbonyl (C=O) groups excluding carboxylic acids is 2. The number of piperazine rings is 1. The molecular weight excluding hydrogens is 238 g/mol. The number of rotatable bonds is 4. The van der Waals surface area contributed by atoms with Crippen LogP contribution in [0.5, 0.6) is 0 Å². The molecule has 0 aromatic heterocycles. The maximum absolute atomic E-state index is 11.9. The lowest BCUT2D eigenvalue weighted by atomic mass is 10.0. The van der Waals surface area contributed by atoms with Crippen LogP contribution in [0.4, 0.5) is 4.79 Å². The Balaban J connectivity index is 2.54. The lowest BCUT2D eigenvalue weighted by Crippen LogP contribution is -2.55. The van der Waals surface area contributed by atoms with Crippen molar-refractivity contribution in [1.82, 2.24) is 15.5 Å². The molecule has 0 saturated carbocycles. The molecule has 7 heteroatoms. The molecule has 3 N–H and O–H groups in total. The number of hydrogen-bond donors (Lipinski definition) is 3. The van der Waals surface area contributed by atoms with Crippen LogP contribution in [0.3, 0.4) is 0 Å². The minimum absolute atomic E-state index is 0.0173. The second-order valence-corrected chi connectivity index (χ2v) is 4.67. The third-order valence-corrected chi connectivity index (χ3v) is 2.83. The van der Waals surface area contributed by atoms with E-state index in [-0.39, 0.29) is 30.8 Å². The molecule has 1 heterocycles. The summed E-state index contributed by atoms with van der Waals surface area (Å²) in [5.74, 6) is -1.13. The molecule has 0 aromatic carbocycles. The first-order valence-electron chi connectivity index (χ1n) is 5.94. The Bertz CT molecular complexity index is 343. The second-order valence-electron chi connectivity index (χ2n) is 4.67. The van der Waals surface area contributed by atoms with Crippen LogP contribution < -0.4 is 10.6 Å². The summed E-state index contributed by atoms with van der Waals surface area (Å²) in [4.78, 5) is 35.1. The molecule has 1 fully saturated rings. The molecule has 1 aliphatic heterocycles. The SMILES string of the molecule is CC(C)C(CC(=O)O)NC(=O)N1CCNC(=O)C1. The highest BCUT2D eigenvalue weighted by Gasteiger charge is 2.25. The molecule has 0 radical (unpaired) electrons. The van der Waals surface area contributed by atoms with Crippen LogP contribution >= 0.6 is 0 Å². The third-order valence-electron chi connectivity index (χ3n) is 2.83. The van der Waals surface area contributed by atoms with Crippen molar-refractivity contribution in [2.75, 3.05) is 19.6 Å². The summed E-state index contributed by atoms with van der Waals surface area (Å²) in [5, 5.41) is 14.1. The molecular formula is C11H19N3O4. The smallest absolute Gasteiger partial charge is 0.318 e. The standard InChI is InChI=1S/C11H19N3O4/c1-7(2)8(5-10(16)17)13-11(18)14-4-3-12-9(15)6-14/h7-8H,3-6H2,1-2H3,(H,12,15)(H,13,18)(H,16,17). The van der Waals surface area contributed by atoms with Crippen molar-refractivity contribution in [2.24, 2.45) is 5.92 Å². The highest BCUT2D eigenvalue weighted by atomic mass is 16.4. The van der Waals surface area contributed by atoms with E-state index < -0.39 is 12.0 Å². The molecule has 0 bridgehead atoms. The maximum atomic E-state index is 11.9. The molecule has 0 aliphatic carbocycles. The summed E-state index contributed by atoms with van der Waals surface area (Å²) in [7, 11) is 0. The predicted octanol–water partition coefficient (Wildman–Crippen LogP) is -0.373. The van der Waals surface area contributed by atoms with Gasteiger partial charge in [-0.2, -0.15) is 0 Å². The Labute approximate surface area is 106 Å². The lowest BCUT2D eigenvalue weighted by Gasteiger charge is -2.29. The molecule has 0 spiro atoms. The molecule has 102 valence electrons. The average molecular weight is 257 g/mol. The third kappa shape index (κ3) is 4.23. The van der Waals surface area contributed by atoms with Gasteiger partial charge in [0, 0.05) is 19.1 Å². The van der Waals surface area contributed by atoms with Crippen LogP contribution in [-0.4, -0.2) is 53.6 Å². The van der Waals surface area contributed by atoms with E-state index in [1.165, 1.54) is 4.90 Å². The minimum Gasteiger partial charge on any atom is -0.481 e. The Morgan fingerprint density at radius 2 is 2.17 bits per heavy atom. The van der Waals surface area contributed by atoms with Gasteiger partial charge in [-0.1, -0.05) is 13.8 Å². The van der Waals surface area contributed by atoms with Crippen LogP contribution in [0.1, 0.15) is 20.3 Å². The lowest BCUT2D eigenvalue weighted by molar-refractivity contribution is -0.137. The predicted molar refractivity (Wildman–Crippen MR) is 64.0 cm³/mol. The number of nitrogens with zero attached hydrogens (tertiary/aromatic N) is 1. The highest BCUT2D eigenvalue weighted by Crippen LogP contribution is 2.07. The van der Waals surface area contributed by atoms with Gasteiger partial charge < -0.3 is 20.6 Å². The zero-order chi connectivity index (χ0) is 13.7. The number of nitrogens with one attached hydrogen (secondary N) is 2. The quantitative estimate of drug-likeness (QED) is 0.639. The number of amides is 3. The Morgan fingerprint density at radius 3 is 2.67 bits per heavy atom. The van der Waals surface area contributed by atoms with E-state index in [1.54, 1.807) is 0 Å². The molecule has 7 nitrogen and oxygen atoms in total. The second kappa shape index (κ2) is 6.23. The van der Waals surface area contributed by atoms with Crippen molar-refractivity contribution in [2.45, 2.75) is 26.3 Å². The number of carbonyl (C=O) groups is 3. The van der Waals surface area contributed by atoms with Crippen LogP contribution in [0.2, 0.25) is 0 Å². The topological polar surface area (TPSA) is 98.7 Å². The molecule has 0 aromatic rings. The van der Waals surface area contributed by atoms with E-state index in [4.69, 9.17) is 5.11 Å². The number of urea groups is 1. The van der Waals surface area contributed by atoms with Crippen LogP contribution in [0, 0.1) is 5.92 Å². The van der Waals surface area contributed by atoms with Gasteiger partial charge in [0.15, 0.2) is 0 Å². The normalized spacial score (nSPS) is 17.3. The van der Waals surface area contributed by atoms with Crippen molar-refractivity contribution >= 4 is 17.9 Å². The van der Waals surface area contributed by atoms with Gasteiger partial charge in [-0.05, 0) is 5.92 Å². The molecule has 18 heavy (non-hydrogen) atoms. The molecule has 1 saturated heterocycles. The van der Waals surface area contributed by atoms with Gasteiger partial charge in [-0.15, -0.1) is 0 Å². The first-order chi connectivity index (χ1) is 8.40. The summed E-state index contributed by atoms with van der Waals surface area (Å²) in [5.41, 5.74) is 0. The summed E-state index contributed by atoms with van der Waals surface area (Å²) in [6.45, 7) is 4.57. The minimum atomic E-state index is -0.953. The monoisotopic (exact) mass is 257 g/mol. The number of aliphatic carboxylic acids is 1. The van der Waals surface area contributed by atoms with E-state index in [0.29, 0.717) is 13.1 Å². The van der Waals surface area contributed by atoms with Crippen molar-refractivity contribution < 1.29 is 19.5 Å². The van der Waals surface area contributed by atoms with Crippen LogP contribution in [-0.2, 0) is 9.59 Å². The van der Waals surface area contributed by atoms with Gasteiger partial charge in [0.25, 0.3) is 0 Å². The van der Waals surface area contributed by atoms with E-state index in [1.807, 2.05) is 13.8 Å². The summed E-state index contributed by atoms with van der Waals surface area (Å²) < 4.78 is 0. The van der Waals surface area contributed by atoms with E-state index in [2.05, 4.69) is 10.6 Å². The molecule has 1 rings (SSSR count). The van der Waals surface area contributed by atoms with E-state index in [0.717, 1.165) is 0 Å². The zero-order valence-electron chi connectivity index (χ0n) is 10.6. The fraction of sp³-hybridized carbons (Fsp3) is 0.727. The summed E-state index contributed by atoms with van der Waals surface area (Å²) in [6, 6.07) is -0.815. The van der Waals surface area contributed by atoms with Gasteiger partial charge in [0.1, 0.15) is 6.54 Å². The van der Waals surface area contributed by atoms with Gasteiger partial charge in [-0.3, -0.25) is 9.59 Å². The van der Waals surface area contributed by atoms with Crippen molar-refractivity contribution in [1.29, 1.82) is 0 Å². The van der Waals surface area contributed by atoms with Crippen LogP contribution in [0.25, 0.3) is 0 Å². The van der Waals surface area contributed by atoms with Crippen LogP contribution in [0.15, 0.2) is 0 Å². The van der Waals surface area contributed by atoms with Crippen molar-refractivity contribution in [3.8, 4) is 0 Å². The first-order valence-corrected chi connectivity index (χ1v) is 5.94. The van der Waals surface area contributed by atoms with Crippen molar-refractivity contribution in [3.05, 3.63) is 0 Å². The molecule has 1 atom stereocenters. The Hall–Kier alpha value is -1.79. The molecule has 1 aliphatic rings. The van der Waals surface area contributed by atoms with E-state index in [9.17, 15) is 14.4 Å². The summed E-state index contributed by atoms with van der Waals surface area (Å²) >= 11 is 0. The van der Waals surface area contributed by atoms with Gasteiger partial charge >= 0.3 is 12.0 Å². The highest BCUT2D eigenvalue weighted by molar-refractivity contribution is 5.85. The van der Waals surface area contributed by atoms with Gasteiger partial charge in [0.05, 0.1) is 6.42 Å². The van der Waals surface area contributed by atoms with Gasteiger partial charge in [0.2, 0.25) is 5.91 Å². The largest absolute Gasteiger partial charge is 0.481 e. The van der Waals surface area contributed by atoms with Crippen molar-refractivity contribution in [3.63, 3.8) is 0 Å². The molecule has 1 unspecified atom stereocenters. The first kappa shape index (κ1) is 14.3. The fourth-order valence-corrected chi connectivity index (χ4v) is 1.70. The average Bonchev–Trinajstić information content (AvgIpc) is 2.27. The van der Waals surface area contributed by atoms with Gasteiger partial charge in [-0.25, -0.2) is 4.79 Å². The number of carboxylic acid groups (broad SMARTS) is 1.